The van der Waals surface area contributed by atoms with Crippen molar-refractivity contribution in [3.63, 3.8) is 0 Å². The molecule has 10 atom stereocenters. The minimum atomic E-state index is -2.27. The number of carbonyl (C=O) groups excluding carboxylic acids is 4. The van der Waals surface area contributed by atoms with E-state index in [1.807, 2.05) is 52.3 Å². The molecule has 0 saturated heterocycles. The van der Waals surface area contributed by atoms with E-state index in [0.717, 1.165) is 83.9 Å². The van der Waals surface area contributed by atoms with Crippen LogP contribution in [0.5, 0.6) is 0 Å². The summed E-state index contributed by atoms with van der Waals surface area (Å²) in [6.07, 6.45) is 20.2. The van der Waals surface area contributed by atoms with Crippen molar-refractivity contribution in [2.45, 2.75) is 263 Å². The van der Waals surface area contributed by atoms with Crippen molar-refractivity contribution in [3.8, 4) is 0 Å². The van der Waals surface area contributed by atoms with E-state index in [4.69, 9.17) is 8.85 Å². The van der Waals surface area contributed by atoms with Gasteiger partial charge in [0.15, 0.2) is 16.6 Å². The molecule has 0 saturated carbocycles. The highest BCUT2D eigenvalue weighted by atomic mass is 32.1. The Morgan fingerprint density at radius 1 is 0.588 bits per heavy atom. The van der Waals surface area contributed by atoms with Crippen LogP contribution in [0.4, 0.5) is 0 Å². The van der Waals surface area contributed by atoms with Crippen molar-refractivity contribution < 1.29 is 28.0 Å². The molecule has 2 aliphatic rings. The van der Waals surface area contributed by atoms with Crippen molar-refractivity contribution in [1.82, 2.24) is 20.6 Å². The van der Waals surface area contributed by atoms with Crippen LogP contribution < -0.4 is 10.6 Å². The lowest BCUT2D eigenvalue weighted by atomic mass is 9.70. The van der Waals surface area contributed by atoms with Crippen LogP contribution in [0.1, 0.15) is 210 Å². The molecule has 4 heterocycles. The third-order valence-electron chi connectivity index (χ3n) is 19.2. The molecule has 0 aromatic carbocycles. The summed E-state index contributed by atoms with van der Waals surface area (Å²) < 4.78 is 13.9. The predicted molar refractivity (Wildman–Crippen MR) is 346 cm³/mol. The van der Waals surface area contributed by atoms with Gasteiger partial charge in [-0.05, 0) is 149 Å². The van der Waals surface area contributed by atoms with Gasteiger partial charge in [-0.2, -0.15) is 0 Å². The van der Waals surface area contributed by atoms with E-state index in [1.165, 1.54) is 0 Å². The van der Waals surface area contributed by atoms with Crippen LogP contribution in [0.25, 0.3) is 12.2 Å². The first kappa shape index (κ1) is 71.1. The van der Waals surface area contributed by atoms with Gasteiger partial charge in [0.25, 0.3) is 0 Å². The van der Waals surface area contributed by atoms with Crippen LogP contribution >= 0.6 is 22.7 Å². The minimum absolute atomic E-state index is 0.0381. The highest BCUT2D eigenvalue weighted by Crippen LogP contribution is 2.44. The van der Waals surface area contributed by atoms with Crippen LogP contribution in [-0.4, -0.2) is 74.3 Å². The van der Waals surface area contributed by atoms with Gasteiger partial charge in [-0.25, -0.2) is 9.97 Å². The maximum absolute atomic E-state index is 14.1. The van der Waals surface area contributed by atoms with Gasteiger partial charge in [0, 0.05) is 33.4 Å². The van der Waals surface area contributed by atoms with E-state index in [2.05, 4.69) is 180 Å². The molecule has 10 nitrogen and oxygen atoms in total. The number of nitrogens with one attached hydrogen (secondary N) is 2. The zero-order valence-electron chi connectivity index (χ0n) is 54.6. The van der Waals surface area contributed by atoms with E-state index in [9.17, 15) is 19.2 Å². The van der Waals surface area contributed by atoms with Gasteiger partial charge >= 0.3 is 0 Å². The largest absolute Gasteiger partial charge is 0.412 e. The molecule has 452 valence electrons. The summed E-state index contributed by atoms with van der Waals surface area (Å²) in [6.45, 7) is 51.2. The van der Waals surface area contributed by atoms with Crippen molar-refractivity contribution >= 4 is 74.8 Å². The van der Waals surface area contributed by atoms with Crippen LogP contribution in [0.15, 0.2) is 46.2 Å². The van der Waals surface area contributed by atoms with Gasteiger partial charge in [-0.1, -0.05) is 148 Å². The lowest BCUT2D eigenvalue weighted by molar-refractivity contribution is -0.141. The summed E-state index contributed by atoms with van der Waals surface area (Å²) in [4.78, 5) is 64.9. The molecule has 2 amide bonds. The summed E-state index contributed by atoms with van der Waals surface area (Å²) in [5, 5.41) is 12.7. The monoisotopic (exact) mass is 1180 g/mol. The average molecular weight is 1180 g/mol. The molecular weight excluding hydrogens is 1070 g/mol. The van der Waals surface area contributed by atoms with Crippen molar-refractivity contribution in [2.24, 2.45) is 46.3 Å². The molecular formula is C66H112N4O6S2Si2. The SMILES string of the molecule is C/C(=C\c1csc(C)n1)[C@@H]1C/C=C\CCC[C@H](C)[C@@H](C)[C@H](C)C(=O)C(C)(C)[C@@H](O[Si](C)(C)C(C)(C)C)CC(=O)N1.C/C(=C\c1csc(C)n1)[C@@H]1C/C=C\CCC[C@H](C)[C@H](C)[C@@H](C)C(=O)C(C)(C)[C@@H](O[Si](C)(C)C(C)(C)C)CC(=O)N1. The fourth-order valence-electron chi connectivity index (χ4n) is 10.4. The van der Waals surface area contributed by atoms with Gasteiger partial charge in [0.1, 0.15) is 11.6 Å². The maximum atomic E-state index is 14.1. The lowest BCUT2D eigenvalue weighted by Crippen LogP contribution is -2.53. The average Bonchev–Trinajstić information content (AvgIpc) is 3.97. The molecule has 2 aliphatic heterocycles. The molecule has 0 spiro atoms. The molecule has 0 bridgehead atoms. The molecule has 0 radical (unpaired) electrons. The second kappa shape index (κ2) is 30.1. The molecule has 0 fully saturated rings. The number of ketones is 2. The van der Waals surface area contributed by atoms with Gasteiger partial charge in [0.2, 0.25) is 11.8 Å². The Morgan fingerprint density at radius 2 is 0.912 bits per heavy atom. The van der Waals surface area contributed by atoms with E-state index in [-0.39, 0.29) is 82.1 Å². The number of rotatable bonds is 8. The highest BCUT2D eigenvalue weighted by Gasteiger charge is 2.49. The Morgan fingerprint density at radius 3 is 1.20 bits per heavy atom. The van der Waals surface area contributed by atoms with Crippen LogP contribution in [-0.2, 0) is 28.0 Å². The summed E-state index contributed by atoms with van der Waals surface area (Å²) in [6, 6.07) is -0.298. The first-order valence-corrected chi connectivity index (χ1v) is 37.8. The van der Waals surface area contributed by atoms with Crippen LogP contribution in [0.3, 0.4) is 0 Å². The summed E-state index contributed by atoms with van der Waals surface area (Å²) in [5.41, 5.74) is 2.39. The second-order valence-corrected chi connectivity index (χ2v) is 40.1. The molecule has 4 rings (SSSR count). The molecule has 14 heteroatoms. The van der Waals surface area contributed by atoms with E-state index < -0.39 is 39.7 Å². The van der Waals surface area contributed by atoms with Crippen LogP contribution in [0.2, 0.25) is 36.3 Å². The molecule has 0 aliphatic carbocycles. The first-order chi connectivity index (χ1) is 36.7. The van der Waals surface area contributed by atoms with Crippen molar-refractivity contribution in [3.05, 3.63) is 67.6 Å². The Kier molecular flexibility index (Phi) is 26.7. The third kappa shape index (κ3) is 20.6. The zero-order chi connectivity index (χ0) is 60.9. The van der Waals surface area contributed by atoms with E-state index in [1.54, 1.807) is 22.7 Å². The lowest BCUT2D eigenvalue weighted by Gasteiger charge is -2.45. The number of nitrogens with zero attached hydrogens (tertiary/aromatic N) is 2. The molecule has 2 N–H and O–H groups in total. The quantitative estimate of drug-likeness (QED) is 0.197. The Labute approximate surface area is 497 Å². The number of allylic oxidation sites excluding steroid dienone is 2. The van der Waals surface area contributed by atoms with Crippen LogP contribution in [0, 0.1) is 60.2 Å². The summed E-state index contributed by atoms with van der Waals surface area (Å²) >= 11 is 3.25. The molecule has 2 aromatic rings. The zero-order valence-corrected chi connectivity index (χ0v) is 58.3. The second-order valence-electron chi connectivity index (χ2n) is 28.4. The number of aryl methyl sites for hydroxylation is 2. The fraction of sp³-hybridized carbons (Fsp3) is 0.727. The highest BCUT2D eigenvalue weighted by molar-refractivity contribution is 7.09. The van der Waals surface area contributed by atoms with Crippen molar-refractivity contribution in [2.75, 3.05) is 0 Å². The number of hydrogen-bond donors (Lipinski definition) is 2. The molecule has 2 aromatic heterocycles. The van der Waals surface area contributed by atoms with Crippen molar-refractivity contribution in [1.29, 1.82) is 0 Å². The summed E-state index contributed by atoms with van der Waals surface area (Å²) in [7, 11) is -4.53. The third-order valence-corrected chi connectivity index (χ3v) is 29.8. The topological polar surface area (TPSA) is 137 Å². The van der Waals surface area contributed by atoms with Gasteiger partial charge in [-0.15, -0.1) is 22.7 Å². The normalized spacial score (nSPS) is 29.2. The van der Waals surface area contributed by atoms with Gasteiger partial charge < -0.3 is 19.5 Å². The standard InChI is InChI=1S/2C33H56N2O3SSi/c2*1-22-17-15-13-14-16-18-28(23(2)19-27-21-39-26(5)34-27)35-30(36)20-29(38-40(11,12)32(6,7)8)33(9,10)31(37)25(4)24(22)3/h2*14,16,19,21-22,24-25,28-29H,13,15,17-18,20H2,1-12H3,(H,35,36)/b2*16-14-,23-19+/t22-,24+,25-,28-,29-;22-,24-,25+,28-,29-/m00/s1. The maximum Gasteiger partial charge on any atom is 0.223 e. The Balaban J connectivity index is 0.000000420. The van der Waals surface area contributed by atoms with E-state index in [0.29, 0.717) is 11.8 Å². The predicted octanol–water partition coefficient (Wildman–Crippen LogP) is 17.5. The summed E-state index contributed by atoms with van der Waals surface area (Å²) in [5.74, 6) is 1.43. The molecule has 0 unspecified atom stereocenters. The van der Waals surface area contributed by atoms with Gasteiger partial charge in [-0.3, -0.25) is 19.2 Å². The first-order valence-electron chi connectivity index (χ1n) is 30.3. The number of Topliss-reactive ketones (excluding diaryl/α,β-unsaturated/α-hetero) is 2. The number of thiazole rings is 2. The van der Waals surface area contributed by atoms with E-state index >= 15 is 0 Å². The smallest absolute Gasteiger partial charge is 0.223 e. The minimum Gasteiger partial charge on any atom is -0.412 e. The number of amides is 2. The Bertz CT molecular complexity index is 2300. The number of hydrogen-bond acceptors (Lipinski definition) is 10. The van der Waals surface area contributed by atoms with Gasteiger partial charge in [0.05, 0.1) is 58.5 Å². The number of carbonyl (C=O) groups is 4. The molecule has 80 heavy (non-hydrogen) atoms. The Hall–Kier alpha value is -3.15. The number of aromatic nitrogens is 2. The fourth-order valence-corrected chi connectivity index (χ4v) is 14.4.